The van der Waals surface area contributed by atoms with E-state index in [1.807, 2.05) is 6.08 Å². The topological polar surface area (TPSA) is 154 Å². The average Bonchev–Trinajstić information content (AvgIpc) is 3.56. The Morgan fingerprint density at radius 1 is 0.945 bits per heavy atom. The number of amides is 4. The number of nitrogens with one attached hydrogen (secondary N) is 1. The van der Waals surface area contributed by atoms with Crippen molar-refractivity contribution in [2.45, 2.75) is 24.2 Å². The van der Waals surface area contributed by atoms with Crippen molar-refractivity contribution in [3.05, 3.63) is 127 Å². The van der Waals surface area contributed by atoms with Crippen LogP contribution < -0.4 is 15.1 Å². The van der Waals surface area contributed by atoms with Gasteiger partial charge < -0.3 is 14.9 Å². The van der Waals surface area contributed by atoms with Crippen molar-refractivity contribution in [2.24, 2.45) is 23.7 Å². The zero-order valence-electron chi connectivity index (χ0n) is 28.6. The zero-order valence-corrected chi connectivity index (χ0v) is 32.6. The van der Waals surface area contributed by atoms with E-state index in [4.69, 9.17) is 16.3 Å². The molecule has 11 nitrogen and oxygen atoms in total. The number of allylic oxidation sites excluding steroid dienone is 2. The summed E-state index contributed by atoms with van der Waals surface area (Å²) in [5.41, 5.74) is 3.03. The number of methoxy groups -OCH3 is 1. The van der Waals surface area contributed by atoms with Gasteiger partial charge in [-0.25, -0.2) is 9.18 Å². The molecule has 8 rings (SSSR count). The molecule has 3 N–H and O–H groups in total. The van der Waals surface area contributed by atoms with Crippen LogP contribution >= 0.6 is 43.5 Å². The fourth-order valence-electron chi connectivity index (χ4n) is 9.01. The molecule has 2 aliphatic carbocycles. The average molecular weight is 894 g/mol. The maximum absolute atomic E-state index is 15.4. The highest BCUT2D eigenvalue weighted by Crippen LogP contribution is 2.65. The van der Waals surface area contributed by atoms with E-state index in [0.717, 1.165) is 9.91 Å². The second-order valence-corrected chi connectivity index (χ2v) is 15.9. The Kier molecular flexibility index (Phi) is 9.13. The van der Waals surface area contributed by atoms with E-state index >= 15 is 4.79 Å². The second kappa shape index (κ2) is 13.6. The number of imide groups is 2. The molecular weight excluding hydrogens is 865 g/mol. The highest BCUT2D eigenvalue weighted by atomic mass is 79.9. The summed E-state index contributed by atoms with van der Waals surface area (Å²) in [4.78, 5) is 71.8. The van der Waals surface area contributed by atoms with Gasteiger partial charge in [0.25, 0.3) is 11.8 Å². The maximum Gasteiger partial charge on any atom is 0.335 e. The summed E-state index contributed by atoms with van der Waals surface area (Å²) >= 11 is 13.5. The van der Waals surface area contributed by atoms with Gasteiger partial charge in [-0.1, -0.05) is 41.4 Å². The zero-order chi connectivity index (χ0) is 39.1. The molecule has 4 aliphatic rings. The van der Waals surface area contributed by atoms with E-state index in [1.165, 1.54) is 55.6 Å². The Labute approximate surface area is 334 Å². The van der Waals surface area contributed by atoms with E-state index in [0.29, 0.717) is 26.2 Å². The third-order valence-corrected chi connectivity index (χ3v) is 13.7. The lowest BCUT2D eigenvalue weighted by molar-refractivity contribution is -0.138. The number of hydrogen-bond donors (Lipinski definition) is 3. The summed E-state index contributed by atoms with van der Waals surface area (Å²) in [6.45, 7) is 0. The molecule has 6 atom stereocenters. The fraction of sp³-hybridized carbons (Fsp3) is 0.225. The lowest BCUT2D eigenvalue weighted by Crippen LogP contribution is -2.53. The summed E-state index contributed by atoms with van der Waals surface area (Å²) < 4.78 is 20.1. The Morgan fingerprint density at radius 3 is 2.33 bits per heavy atom. The van der Waals surface area contributed by atoms with Crippen LogP contribution in [0.4, 0.5) is 15.8 Å². The number of ether oxygens (including phenoxy) is 1. The smallest absolute Gasteiger partial charge is 0.335 e. The summed E-state index contributed by atoms with van der Waals surface area (Å²) in [5.74, 6) is -8.84. The number of carbonyl (C=O) groups excluding carboxylic acids is 4. The predicted octanol–water partition coefficient (Wildman–Crippen LogP) is 7.61. The third-order valence-electron chi connectivity index (χ3n) is 11.3. The summed E-state index contributed by atoms with van der Waals surface area (Å²) in [7, 11) is 1.38. The number of phenols is 1. The minimum absolute atomic E-state index is 0.0195. The molecule has 0 unspecified atom stereocenters. The lowest BCUT2D eigenvalue weighted by atomic mass is 9.49. The molecule has 0 bridgehead atoms. The molecule has 0 aromatic heterocycles. The number of aromatic hydroxyl groups is 1. The number of carboxylic acid groups (broad SMARTS) is 1. The van der Waals surface area contributed by atoms with Crippen LogP contribution in [0.3, 0.4) is 0 Å². The van der Waals surface area contributed by atoms with Crippen LogP contribution in [0.2, 0.25) is 5.02 Å². The van der Waals surface area contributed by atoms with Gasteiger partial charge in [-0.2, -0.15) is 5.01 Å². The number of aromatic carboxylic acids is 1. The van der Waals surface area contributed by atoms with E-state index in [2.05, 4.69) is 37.3 Å². The van der Waals surface area contributed by atoms with E-state index in [1.54, 1.807) is 30.3 Å². The van der Waals surface area contributed by atoms with Crippen molar-refractivity contribution in [3.63, 3.8) is 0 Å². The first-order chi connectivity index (χ1) is 26.3. The number of benzene rings is 4. The molecule has 55 heavy (non-hydrogen) atoms. The fourth-order valence-corrected chi connectivity index (χ4v) is 10.1. The second-order valence-electron chi connectivity index (χ2n) is 13.9. The molecule has 280 valence electrons. The van der Waals surface area contributed by atoms with Gasteiger partial charge >= 0.3 is 5.97 Å². The number of hydrogen-bond acceptors (Lipinski definition) is 8. The Bertz CT molecular complexity index is 2370. The summed E-state index contributed by atoms with van der Waals surface area (Å²) in [6, 6.07) is 19.0. The number of fused-ring (bicyclic) bond motifs is 4. The van der Waals surface area contributed by atoms with Crippen molar-refractivity contribution in [1.82, 2.24) is 5.01 Å². The molecular formula is C40H29Br2ClFN3O8. The highest BCUT2D eigenvalue weighted by Gasteiger charge is 2.70. The minimum atomic E-state index is -1.69. The standard InChI is InChI=1S/C40H29Br2ClFN3O8/c1-55-29-17-27(32(41)33(42)34(29)48)31-24-13-14-25-30(37(51)46(35(25)49)23-4-2-3-18(15-23)38(52)53)26(24)16-28-36(50)47(45-22-11-9-21(44)10-12-22)39(54)40(28,31)19-5-7-20(43)8-6-19/h2-13,15,17,25-26,28,30-31,45,48H,14,16H2,1H3,(H,52,53)/t25-,26+,28-,30-,31+,40+/m0/s1. The van der Waals surface area contributed by atoms with Crippen molar-refractivity contribution in [3.8, 4) is 11.5 Å². The Balaban J connectivity index is 1.36. The normalized spacial score (nSPS) is 25.7. The monoisotopic (exact) mass is 891 g/mol. The molecule has 4 aromatic rings. The van der Waals surface area contributed by atoms with Gasteiger partial charge in [-0.3, -0.25) is 29.5 Å². The molecule has 0 radical (unpaired) electrons. The molecule has 2 heterocycles. The van der Waals surface area contributed by atoms with Crippen molar-refractivity contribution in [1.29, 1.82) is 0 Å². The highest BCUT2D eigenvalue weighted by molar-refractivity contribution is 9.13. The van der Waals surface area contributed by atoms with Crippen LogP contribution in [0, 0.1) is 29.5 Å². The molecule has 1 saturated carbocycles. The molecule has 3 fully saturated rings. The minimum Gasteiger partial charge on any atom is -0.503 e. The van der Waals surface area contributed by atoms with Crippen LogP contribution in [-0.4, -0.2) is 51.9 Å². The van der Waals surface area contributed by atoms with Crippen molar-refractivity contribution >= 4 is 84.4 Å². The van der Waals surface area contributed by atoms with Gasteiger partial charge in [-0.15, -0.1) is 0 Å². The first-order valence-corrected chi connectivity index (χ1v) is 19.1. The molecule has 0 spiro atoms. The number of phenolic OH excluding ortho intramolecular Hbond substituents is 1. The van der Waals surface area contributed by atoms with Crippen molar-refractivity contribution < 1.29 is 43.3 Å². The van der Waals surface area contributed by atoms with Crippen molar-refractivity contribution in [2.75, 3.05) is 17.4 Å². The molecule has 4 aromatic carbocycles. The van der Waals surface area contributed by atoms with E-state index in [-0.39, 0.29) is 45.8 Å². The van der Waals surface area contributed by atoms with Gasteiger partial charge in [-0.05, 0) is 122 Å². The lowest BCUT2D eigenvalue weighted by Gasteiger charge is -2.51. The largest absolute Gasteiger partial charge is 0.503 e. The number of anilines is 2. The maximum atomic E-state index is 15.4. The van der Waals surface area contributed by atoms with Gasteiger partial charge in [0, 0.05) is 15.4 Å². The quantitative estimate of drug-likeness (QED) is 0.126. The van der Waals surface area contributed by atoms with Gasteiger partial charge in [0.1, 0.15) is 5.82 Å². The molecule has 2 saturated heterocycles. The van der Waals surface area contributed by atoms with Crippen LogP contribution in [0.25, 0.3) is 0 Å². The van der Waals surface area contributed by atoms with Crippen LogP contribution in [0.15, 0.2) is 99.5 Å². The van der Waals surface area contributed by atoms with Gasteiger partial charge in [0.2, 0.25) is 11.8 Å². The van der Waals surface area contributed by atoms with Crippen LogP contribution in [-0.2, 0) is 24.6 Å². The number of carbonyl (C=O) groups is 5. The predicted molar refractivity (Wildman–Crippen MR) is 205 cm³/mol. The summed E-state index contributed by atoms with van der Waals surface area (Å²) in [6.07, 6.45) is 1.95. The number of nitrogens with zero attached hydrogens (tertiary/aromatic N) is 2. The third kappa shape index (κ3) is 5.51. The van der Waals surface area contributed by atoms with Crippen LogP contribution in [0.1, 0.15) is 40.2 Å². The van der Waals surface area contributed by atoms with E-state index in [9.17, 15) is 33.8 Å². The van der Waals surface area contributed by atoms with Gasteiger partial charge in [0.15, 0.2) is 11.5 Å². The SMILES string of the molecule is COc1cc([C@H]2C3=CC[C@@H]4C(=O)N(c5cccc(C(=O)O)c5)C(=O)[C@@H]4[C@@H]3C[C@H]3C(=O)N(Nc4ccc(F)cc4)C(=O)[C@@]23c2ccc(Cl)cc2)c(Br)c(Br)c1O. The number of halogens is 4. The number of carboxylic acids is 1. The molecule has 2 aliphatic heterocycles. The molecule has 15 heteroatoms. The first kappa shape index (κ1) is 36.9. The van der Waals surface area contributed by atoms with E-state index < -0.39 is 70.4 Å². The number of rotatable bonds is 7. The Morgan fingerprint density at radius 2 is 1.65 bits per heavy atom. The van der Waals surface area contributed by atoms with Gasteiger partial charge in [0.05, 0.1) is 51.7 Å². The van der Waals surface area contributed by atoms with Crippen LogP contribution in [0.5, 0.6) is 11.5 Å². The molecule has 4 amide bonds. The number of hydrazine groups is 1. The first-order valence-electron chi connectivity index (χ1n) is 17.1. The summed E-state index contributed by atoms with van der Waals surface area (Å²) in [5, 5.41) is 22.0. The Hall–Kier alpha value is -5.05.